The molecule has 0 spiro atoms. The Kier molecular flexibility index (Phi) is 3.32. The summed E-state index contributed by atoms with van der Waals surface area (Å²) in [5, 5.41) is 0. The predicted molar refractivity (Wildman–Crippen MR) is 72.5 cm³/mol. The number of alkyl halides is 3. The number of halogens is 3. The summed E-state index contributed by atoms with van der Waals surface area (Å²) >= 11 is 0. The summed E-state index contributed by atoms with van der Waals surface area (Å²) in [7, 11) is 0. The van der Waals surface area contributed by atoms with Crippen molar-refractivity contribution in [3.8, 4) is 17.0 Å². The van der Waals surface area contributed by atoms with Crippen LogP contribution >= 0.6 is 0 Å². The van der Waals surface area contributed by atoms with Crippen LogP contribution < -0.4 is 5.63 Å². The van der Waals surface area contributed by atoms with Gasteiger partial charge in [-0.2, -0.15) is 13.2 Å². The highest BCUT2D eigenvalue weighted by Crippen LogP contribution is 2.32. The molecular formula is C15H9F3N2O2. The molecule has 2 heterocycles. The van der Waals surface area contributed by atoms with Crippen molar-refractivity contribution in [2.24, 2.45) is 0 Å². The Bertz CT molecular complexity index is 852. The SMILES string of the molecule is O=c1cc(-n2ccnc2)cc(-c2cccc(C(F)(F)F)c2)o1. The van der Waals surface area contributed by atoms with E-state index in [0.29, 0.717) is 5.69 Å². The molecule has 7 heteroatoms. The van der Waals surface area contributed by atoms with Crippen molar-refractivity contribution in [2.45, 2.75) is 6.18 Å². The molecule has 3 rings (SSSR count). The van der Waals surface area contributed by atoms with Gasteiger partial charge >= 0.3 is 11.8 Å². The van der Waals surface area contributed by atoms with E-state index in [-0.39, 0.29) is 11.3 Å². The lowest BCUT2D eigenvalue weighted by atomic mass is 10.1. The number of benzene rings is 1. The van der Waals surface area contributed by atoms with Gasteiger partial charge in [-0.05, 0) is 12.1 Å². The van der Waals surface area contributed by atoms with Gasteiger partial charge in [0.1, 0.15) is 5.76 Å². The van der Waals surface area contributed by atoms with Gasteiger partial charge in [0.25, 0.3) is 0 Å². The van der Waals surface area contributed by atoms with E-state index >= 15 is 0 Å². The lowest BCUT2D eigenvalue weighted by molar-refractivity contribution is -0.137. The van der Waals surface area contributed by atoms with Crippen LogP contribution in [0.15, 0.2) is 64.3 Å². The third-order valence-corrected chi connectivity index (χ3v) is 3.03. The summed E-state index contributed by atoms with van der Waals surface area (Å²) in [6, 6.07) is 7.34. The van der Waals surface area contributed by atoms with Crippen molar-refractivity contribution in [2.75, 3.05) is 0 Å². The van der Waals surface area contributed by atoms with Gasteiger partial charge in [0.15, 0.2) is 0 Å². The number of hydrogen-bond donors (Lipinski definition) is 0. The second-order valence-electron chi connectivity index (χ2n) is 4.55. The summed E-state index contributed by atoms with van der Waals surface area (Å²) in [5.74, 6) is 0.0577. The van der Waals surface area contributed by atoms with Crippen LogP contribution in [0.3, 0.4) is 0 Å². The smallest absolute Gasteiger partial charge is 0.416 e. The summed E-state index contributed by atoms with van der Waals surface area (Å²) < 4.78 is 44.9. The second-order valence-corrected chi connectivity index (χ2v) is 4.55. The first-order valence-electron chi connectivity index (χ1n) is 6.25. The molecule has 0 saturated carbocycles. The number of hydrogen-bond acceptors (Lipinski definition) is 3. The monoisotopic (exact) mass is 306 g/mol. The lowest BCUT2D eigenvalue weighted by Crippen LogP contribution is -2.05. The largest absolute Gasteiger partial charge is 0.423 e. The van der Waals surface area contributed by atoms with Crippen molar-refractivity contribution < 1.29 is 17.6 Å². The summed E-state index contributed by atoms with van der Waals surface area (Å²) in [6.07, 6.45) is 0.159. The molecule has 0 fully saturated rings. The zero-order chi connectivity index (χ0) is 15.7. The molecule has 4 nitrogen and oxygen atoms in total. The number of aromatic nitrogens is 2. The molecule has 2 aromatic heterocycles. The first-order chi connectivity index (χ1) is 10.4. The van der Waals surface area contributed by atoms with Gasteiger partial charge in [-0.15, -0.1) is 0 Å². The Hall–Kier alpha value is -2.83. The minimum absolute atomic E-state index is 0.0577. The van der Waals surface area contributed by atoms with E-state index in [2.05, 4.69) is 4.98 Å². The molecule has 22 heavy (non-hydrogen) atoms. The maximum Gasteiger partial charge on any atom is 0.416 e. The van der Waals surface area contributed by atoms with Gasteiger partial charge in [-0.25, -0.2) is 9.78 Å². The Labute approximate surface area is 122 Å². The summed E-state index contributed by atoms with van der Waals surface area (Å²) in [6.45, 7) is 0. The molecule has 0 atom stereocenters. The van der Waals surface area contributed by atoms with Crippen LogP contribution in [-0.2, 0) is 6.18 Å². The van der Waals surface area contributed by atoms with Gasteiger partial charge in [0, 0.05) is 30.1 Å². The Morgan fingerprint density at radius 2 is 1.95 bits per heavy atom. The highest BCUT2D eigenvalue weighted by molar-refractivity contribution is 5.60. The Morgan fingerprint density at radius 1 is 1.14 bits per heavy atom. The van der Waals surface area contributed by atoms with Crippen LogP contribution in [0.25, 0.3) is 17.0 Å². The molecule has 0 radical (unpaired) electrons. The molecule has 0 bridgehead atoms. The molecule has 112 valence electrons. The van der Waals surface area contributed by atoms with Crippen molar-refractivity contribution in [3.05, 3.63) is 71.1 Å². The van der Waals surface area contributed by atoms with E-state index in [9.17, 15) is 18.0 Å². The lowest BCUT2D eigenvalue weighted by Gasteiger charge is -2.09. The molecule has 0 saturated heterocycles. The standard InChI is InChI=1S/C15H9F3N2O2/c16-15(17,18)11-3-1-2-10(6-11)13-7-12(8-14(21)22-13)20-5-4-19-9-20/h1-9H. The Balaban J connectivity index is 2.11. The molecule has 1 aromatic carbocycles. The van der Waals surface area contributed by atoms with Crippen molar-refractivity contribution in [1.29, 1.82) is 0 Å². The second kappa shape index (κ2) is 5.18. The molecule has 0 aliphatic rings. The van der Waals surface area contributed by atoms with Crippen LogP contribution in [0.2, 0.25) is 0 Å². The third-order valence-electron chi connectivity index (χ3n) is 3.03. The van der Waals surface area contributed by atoms with E-state index in [1.54, 1.807) is 10.8 Å². The van der Waals surface area contributed by atoms with Gasteiger partial charge in [-0.3, -0.25) is 0 Å². The zero-order valence-corrected chi connectivity index (χ0v) is 11.0. The zero-order valence-electron chi connectivity index (χ0n) is 11.0. The molecule has 0 N–H and O–H groups in total. The third kappa shape index (κ3) is 2.78. The van der Waals surface area contributed by atoms with Gasteiger partial charge in [-0.1, -0.05) is 12.1 Å². The minimum Gasteiger partial charge on any atom is -0.423 e. The van der Waals surface area contributed by atoms with Crippen LogP contribution in [0, 0.1) is 0 Å². The van der Waals surface area contributed by atoms with Crippen LogP contribution in [-0.4, -0.2) is 9.55 Å². The highest BCUT2D eigenvalue weighted by Gasteiger charge is 2.30. The number of rotatable bonds is 2. The van der Waals surface area contributed by atoms with Crippen molar-refractivity contribution in [1.82, 2.24) is 9.55 Å². The van der Waals surface area contributed by atoms with Crippen molar-refractivity contribution >= 4 is 0 Å². The molecule has 0 unspecified atom stereocenters. The van der Waals surface area contributed by atoms with Crippen molar-refractivity contribution in [3.63, 3.8) is 0 Å². The highest BCUT2D eigenvalue weighted by atomic mass is 19.4. The van der Waals surface area contributed by atoms with E-state index in [1.165, 1.54) is 36.8 Å². The maximum absolute atomic E-state index is 12.8. The van der Waals surface area contributed by atoms with E-state index in [4.69, 9.17) is 4.42 Å². The van der Waals surface area contributed by atoms with Crippen LogP contribution in [0.4, 0.5) is 13.2 Å². The normalized spacial score (nSPS) is 11.6. The molecule has 0 aliphatic heterocycles. The van der Waals surface area contributed by atoms with Crippen LogP contribution in [0.1, 0.15) is 5.56 Å². The predicted octanol–water partition coefficient (Wildman–Crippen LogP) is 3.51. The quantitative estimate of drug-likeness (QED) is 0.728. The maximum atomic E-state index is 12.8. The fourth-order valence-corrected chi connectivity index (χ4v) is 2.02. The fourth-order valence-electron chi connectivity index (χ4n) is 2.02. The molecule has 3 aromatic rings. The fraction of sp³-hybridized carbons (Fsp3) is 0.0667. The number of nitrogens with zero attached hydrogens (tertiary/aromatic N) is 2. The molecule has 0 aliphatic carbocycles. The van der Waals surface area contributed by atoms with Gasteiger partial charge in [0.2, 0.25) is 0 Å². The molecular weight excluding hydrogens is 297 g/mol. The van der Waals surface area contributed by atoms with E-state index in [0.717, 1.165) is 12.1 Å². The molecule has 0 amide bonds. The first kappa shape index (κ1) is 14.1. The van der Waals surface area contributed by atoms with Crippen LogP contribution in [0.5, 0.6) is 0 Å². The topological polar surface area (TPSA) is 48.0 Å². The number of imidazole rings is 1. The van der Waals surface area contributed by atoms with E-state index in [1.807, 2.05) is 0 Å². The summed E-state index contributed by atoms with van der Waals surface area (Å²) in [4.78, 5) is 15.5. The minimum atomic E-state index is -4.46. The van der Waals surface area contributed by atoms with E-state index < -0.39 is 17.4 Å². The Morgan fingerprint density at radius 3 is 2.64 bits per heavy atom. The average Bonchev–Trinajstić information content (AvgIpc) is 3.00. The average molecular weight is 306 g/mol. The van der Waals surface area contributed by atoms with Gasteiger partial charge in [0.05, 0.1) is 17.6 Å². The summed E-state index contributed by atoms with van der Waals surface area (Å²) in [5.41, 5.74) is -0.825. The first-order valence-corrected chi connectivity index (χ1v) is 6.25. The van der Waals surface area contributed by atoms with Gasteiger partial charge < -0.3 is 8.98 Å².